The molecule has 1 aromatic carbocycles. The number of hydrogen-bond donors (Lipinski definition) is 2. The Bertz CT molecular complexity index is 373. The first-order chi connectivity index (χ1) is 6.32. The number of halogens is 3. The molecule has 0 aliphatic heterocycles. The molecule has 0 atom stereocenters. The molecule has 0 saturated heterocycles. The molecule has 0 aliphatic rings. The third-order valence-corrected chi connectivity index (χ3v) is 1.63. The van der Waals surface area contributed by atoms with Crippen molar-refractivity contribution in [3.8, 4) is 0 Å². The molecule has 14 heavy (non-hydrogen) atoms. The monoisotopic (exact) mass is 198 g/mol. The molecule has 0 saturated carbocycles. The van der Waals surface area contributed by atoms with Gasteiger partial charge in [-0.25, -0.2) is 0 Å². The van der Waals surface area contributed by atoms with Gasteiger partial charge in [-0.1, -0.05) is 17.6 Å². The highest BCUT2D eigenvalue weighted by atomic mass is 19.4. The molecular formula is C8H6BF3N2. The molecule has 0 unspecified atom stereocenters. The molecular weight excluding hydrogens is 192 g/mol. The van der Waals surface area contributed by atoms with Crippen molar-refractivity contribution in [2.75, 3.05) is 5.73 Å². The number of nitrogens with two attached hydrogens (primary N) is 1. The van der Waals surface area contributed by atoms with Crippen LogP contribution in [0.3, 0.4) is 0 Å². The fourth-order valence-electron chi connectivity index (χ4n) is 0.962. The van der Waals surface area contributed by atoms with E-state index in [1.807, 2.05) is 0 Å². The van der Waals surface area contributed by atoms with Gasteiger partial charge in [0.25, 0.3) is 0 Å². The van der Waals surface area contributed by atoms with Crippen LogP contribution in [-0.2, 0) is 0 Å². The van der Waals surface area contributed by atoms with E-state index < -0.39 is 11.9 Å². The van der Waals surface area contributed by atoms with Gasteiger partial charge in [0.15, 0.2) is 0 Å². The molecule has 72 valence electrons. The molecule has 6 heteroatoms. The topological polar surface area (TPSA) is 49.9 Å². The lowest BCUT2D eigenvalue weighted by molar-refractivity contribution is -0.0587. The van der Waals surface area contributed by atoms with Gasteiger partial charge in [-0.05, 0) is 6.07 Å². The summed E-state index contributed by atoms with van der Waals surface area (Å²) in [6, 6.07) is 3.54. The van der Waals surface area contributed by atoms with Crippen LogP contribution >= 0.6 is 0 Å². The first kappa shape index (κ1) is 10.6. The van der Waals surface area contributed by atoms with Gasteiger partial charge in [0.2, 0.25) is 0 Å². The van der Waals surface area contributed by atoms with Gasteiger partial charge in [0.1, 0.15) is 13.6 Å². The Morgan fingerprint density at radius 2 is 1.93 bits per heavy atom. The van der Waals surface area contributed by atoms with Gasteiger partial charge in [-0.15, -0.1) is 0 Å². The second-order valence-corrected chi connectivity index (χ2v) is 2.72. The Kier molecular flexibility index (Phi) is 2.55. The summed E-state index contributed by atoms with van der Waals surface area (Å²) in [4.78, 5) is 0. The molecule has 1 aromatic rings. The minimum atomic E-state index is -4.69. The smallest absolute Gasteiger partial charge is 0.398 e. The van der Waals surface area contributed by atoms with Crippen LogP contribution in [0.15, 0.2) is 18.2 Å². The summed E-state index contributed by atoms with van der Waals surface area (Å²) in [5.41, 5.74) is 3.60. The fraction of sp³-hybridized carbons (Fsp3) is 0.125. The SMILES string of the molecule is [B]c1ccc(C(=N)C(F)(F)F)c(N)c1. The third kappa shape index (κ3) is 2.07. The normalized spacial score (nSPS) is 11.4. The van der Waals surface area contributed by atoms with Crippen molar-refractivity contribution in [1.29, 1.82) is 5.41 Å². The van der Waals surface area contributed by atoms with Crippen LogP contribution in [-0.4, -0.2) is 19.7 Å². The standard InChI is InChI=1S/C8H6BF3N2/c9-4-1-2-5(6(13)3-4)7(14)8(10,11)12/h1-3,14H,13H2. The predicted molar refractivity (Wildman–Crippen MR) is 49.1 cm³/mol. The average molecular weight is 198 g/mol. The lowest BCUT2D eigenvalue weighted by atomic mass is 9.93. The predicted octanol–water partition coefficient (Wildman–Crippen LogP) is 0.993. The summed E-state index contributed by atoms with van der Waals surface area (Å²) < 4.78 is 36.3. The average Bonchev–Trinajstić information content (AvgIpc) is 2.01. The largest absolute Gasteiger partial charge is 0.433 e. The van der Waals surface area contributed by atoms with E-state index in [-0.39, 0.29) is 16.7 Å². The zero-order valence-electron chi connectivity index (χ0n) is 7.02. The summed E-state index contributed by atoms with van der Waals surface area (Å²) in [5, 5.41) is 6.85. The molecule has 0 aliphatic carbocycles. The van der Waals surface area contributed by atoms with Gasteiger partial charge in [0, 0.05) is 11.3 Å². The van der Waals surface area contributed by atoms with E-state index in [9.17, 15) is 13.2 Å². The first-order valence-corrected chi connectivity index (χ1v) is 3.63. The highest BCUT2D eigenvalue weighted by Gasteiger charge is 2.36. The Morgan fingerprint density at radius 1 is 1.36 bits per heavy atom. The molecule has 0 amide bonds. The lowest BCUT2D eigenvalue weighted by Gasteiger charge is -2.10. The molecule has 0 fully saturated rings. The number of rotatable bonds is 1. The van der Waals surface area contributed by atoms with Crippen molar-refractivity contribution in [3.05, 3.63) is 23.8 Å². The maximum Gasteiger partial charge on any atom is 0.433 e. The maximum atomic E-state index is 12.1. The van der Waals surface area contributed by atoms with Gasteiger partial charge < -0.3 is 5.73 Å². The number of benzene rings is 1. The van der Waals surface area contributed by atoms with Crippen LogP contribution in [0.4, 0.5) is 18.9 Å². The Hall–Kier alpha value is -1.46. The molecule has 0 heterocycles. The van der Waals surface area contributed by atoms with Crippen LogP contribution in [0.2, 0.25) is 0 Å². The highest BCUT2D eigenvalue weighted by molar-refractivity contribution is 6.32. The van der Waals surface area contributed by atoms with Gasteiger partial charge in [0.05, 0.1) is 0 Å². The zero-order valence-corrected chi connectivity index (χ0v) is 7.02. The quantitative estimate of drug-likeness (QED) is 0.394. The van der Waals surface area contributed by atoms with Crippen LogP contribution in [0.5, 0.6) is 0 Å². The van der Waals surface area contributed by atoms with Gasteiger partial charge in [-0.3, -0.25) is 5.41 Å². The number of nitrogens with one attached hydrogen (secondary N) is 1. The summed E-state index contributed by atoms with van der Waals surface area (Å²) in [7, 11) is 5.30. The van der Waals surface area contributed by atoms with Gasteiger partial charge in [-0.2, -0.15) is 13.2 Å². The molecule has 2 radical (unpaired) electrons. The van der Waals surface area contributed by atoms with Gasteiger partial charge >= 0.3 is 6.18 Å². The van der Waals surface area contributed by atoms with E-state index in [0.717, 1.165) is 6.07 Å². The number of nitrogen functional groups attached to an aromatic ring is 1. The maximum absolute atomic E-state index is 12.1. The minimum absolute atomic E-state index is 0.146. The summed E-state index contributed by atoms with van der Waals surface area (Å²) in [6.45, 7) is 0. The fourth-order valence-corrected chi connectivity index (χ4v) is 0.962. The molecule has 3 N–H and O–H groups in total. The number of hydrogen-bond acceptors (Lipinski definition) is 2. The lowest BCUT2D eigenvalue weighted by Crippen LogP contribution is -2.24. The molecule has 2 nitrogen and oxygen atoms in total. The number of alkyl halides is 3. The zero-order chi connectivity index (χ0) is 10.9. The van der Waals surface area contributed by atoms with E-state index in [1.54, 1.807) is 0 Å². The van der Waals surface area contributed by atoms with Crippen molar-refractivity contribution in [3.63, 3.8) is 0 Å². The summed E-state index contributed by atoms with van der Waals surface area (Å²) >= 11 is 0. The van der Waals surface area contributed by atoms with Crippen molar-refractivity contribution in [1.82, 2.24) is 0 Å². The van der Waals surface area contributed by atoms with E-state index in [1.165, 1.54) is 12.1 Å². The molecule has 0 aromatic heterocycles. The van der Waals surface area contributed by atoms with Crippen molar-refractivity contribution in [2.24, 2.45) is 0 Å². The Balaban J connectivity index is 3.15. The Labute approximate surface area is 79.8 Å². The van der Waals surface area contributed by atoms with E-state index in [2.05, 4.69) is 0 Å². The summed E-state index contributed by atoms with van der Waals surface area (Å²) in [6.07, 6.45) is -4.69. The Morgan fingerprint density at radius 3 is 2.36 bits per heavy atom. The second-order valence-electron chi connectivity index (χ2n) is 2.72. The summed E-state index contributed by atoms with van der Waals surface area (Å²) in [5.74, 6) is 0. The van der Waals surface area contributed by atoms with Crippen molar-refractivity contribution < 1.29 is 13.2 Å². The third-order valence-electron chi connectivity index (χ3n) is 1.63. The van der Waals surface area contributed by atoms with E-state index >= 15 is 0 Å². The highest BCUT2D eigenvalue weighted by Crippen LogP contribution is 2.23. The first-order valence-electron chi connectivity index (χ1n) is 3.63. The second kappa shape index (κ2) is 3.36. The van der Waals surface area contributed by atoms with Crippen LogP contribution < -0.4 is 11.2 Å². The van der Waals surface area contributed by atoms with E-state index in [4.69, 9.17) is 19.0 Å². The van der Waals surface area contributed by atoms with Crippen LogP contribution in [0, 0.1) is 5.41 Å². The molecule has 0 bridgehead atoms. The van der Waals surface area contributed by atoms with Crippen molar-refractivity contribution in [2.45, 2.75) is 6.18 Å². The van der Waals surface area contributed by atoms with Crippen LogP contribution in [0.25, 0.3) is 0 Å². The van der Waals surface area contributed by atoms with Crippen LogP contribution in [0.1, 0.15) is 5.56 Å². The molecule has 1 rings (SSSR count). The van der Waals surface area contributed by atoms with Crippen molar-refractivity contribution >= 4 is 24.7 Å². The number of anilines is 1. The van der Waals surface area contributed by atoms with E-state index in [0.29, 0.717) is 0 Å². The molecule has 0 spiro atoms. The minimum Gasteiger partial charge on any atom is -0.398 e.